The van der Waals surface area contributed by atoms with E-state index in [9.17, 15) is 0 Å². The lowest BCUT2D eigenvalue weighted by Gasteiger charge is -2.34. The van der Waals surface area contributed by atoms with Gasteiger partial charge in [0.1, 0.15) is 0 Å². The van der Waals surface area contributed by atoms with Gasteiger partial charge in [-0.1, -0.05) is 44.6 Å². The van der Waals surface area contributed by atoms with Crippen LogP contribution in [0.25, 0.3) is 0 Å². The fourth-order valence-electron chi connectivity index (χ4n) is 2.74. The molecule has 1 aromatic carbocycles. The summed E-state index contributed by atoms with van der Waals surface area (Å²) in [5.74, 6) is 0. The highest BCUT2D eigenvalue weighted by molar-refractivity contribution is 5.55. The van der Waals surface area contributed by atoms with Crippen molar-refractivity contribution in [1.82, 2.24) is 0 Å². The Kier molecular flexibility index (Phi) is 4.00. The summed E-state index contributed by atoms with van der Waals surface area (Å²) >= 11 is 0. The molecule has 104 valence electrons. The molecule has 1 aliphatic heterocycles. The molecule has 1 heterocycles. The second kappa shape index (κ2) is 5.38. The number of hydrogen-bond acceptors (Lipinski definition) is 2. The molecule has 0 aliphatic carbocycles. The van der Waals surface area contributed by atoms with Gasteiger partial charge in [-0.25, -0.2) is 0 Å². The van der Waals surface area contributed by atoms with Gasteiger partial charge in [-0.15, -0.1) is 0 Å². The highest BCUT2D eigenvalue weighted by atomic mass is 16.3. The molecule has 0 unspecified atom stereocenters. The number of aliphatic hydroxyl groups excluding tert-OH is 1. The summed E-state index contributed by atoms with van der Waals surface area (Å²) in [6.07, 6.45) is 3.52. The summed E-state index contributed by atoms with van der Waals surface area (Å²) < 4.78 is 0. The SMILES string of the molecule is Cc1cc(CO)ccc1N1CC=C(C(C)(C)C)CC1. The molecule has 0 saturated carbocycles. The van der Waals surface area contributed by atoms with Gasteiger partial charge in [0, 0.05) is 18.8 Å². The van der Waals surface area contributed by atoms with Gasteiger partial charge in [-0.2, -0.15) is 0 Å². The summed E-state index contributed by atoms with van der Waals surface area (Å²) in [4.78, 5) is 2.42. The summed E-state index contributed by atoms with van der Waals surface area (Å²) in [7, 11) is 0. The van der Waals surface area contributed by atoms with Crippen molar-refractivity contribution in [3.8, 4) is 0 Å². The van der Waals surface area contributed by atoms with Gasteiger partial charge in [-0.05, 0) is 36.0 Å². The quantitative estimate of drug-likeness (QED) is 0.819. The van der Waals surface area contributed by atoms with Crippen molar-refractivity contribution < 1.29 is 5.11 Å². The fourth-order valence-corrected chi connectivity index (χ4v) is 2.74. The maximum absolute atomic E-state index is 9.16. The second-order valence-electron chi connectivity index (χ2n) is 6.45. The molecule has 1 aromatic rings. The predicted molar refractivity (Wildman–Crippen MR) is 81.5 cm³/mol. The van der Waals surface area contributed by atoms with Crippen LogP contribution in [0.1, 0.15) is 38.3 Å². The van der Waals surface area contributed by atoms with E-state index in [-0.39, 0.29) is 6.61 Å². The first kappa shape index (κ1) is 14.1. The smallest absolute Gasteiger partial charge is 0.0681 e. The average Bonchev–Trinajstić information content (AvgIpc) is 2.37. The summed E-state index contributed by atoms with van der Waals surface area (Å²) in [5, 5.41) is 9.16. The Bertz CT molecular complexity index is 483. The van der Waals surface area contributed by atoms with E-state index in [1.165, 1.54) is 11.3 Å². The third-order valence-electron chi connectivity index (χ3n) is 3.96. The number of anilines is 1. The van der Waals surface area contributed by atoms with Crippen LogP contribution < -0.4 is 4.90 Å². The molecule has 0 amide bonds. The molecule has 0 fully saturated rings. The van der Waals surface area contributed by atoms with Crippen LogP contribution in [-0.4, -0.2) is 18.2 Å². The molecular weight excluding hydrogens is 234 g/mol. The maximum atomic E-state index is 9.16. The highest BCUT2D eigenvalue weighted by Gasteiger charge is 2.21. The first-order valence-electron chi connectivity index (χ1n) is 7.06. The van der Waals surface area contributed by atoms with Crippen LogP contribution in [0.15, 0.2) is 29.8 Å². The number of rotatable bonds is 2. The van der Waals surface area contributed by atoms with E-state index >= 15 is 0 Å². The average molecular weight is 259 g/mol. The Morgan fingerprint density at radius 1 is 1.26 bits per heavy atom. The normalized spacial score (nSPS) is 16.5. The van der Waals surface area contributed by atoms with Crippen LogP contribution in [0.4, 0.5) is 5.69 Å². The van der Waals surface area contributed by atoms with E-state index in [0.29, 0.717) is 5.41 Å². The van der Waals surface area contributed by atoms with Crippen molar-refractivity contribution in [2.45, 2.75) is 40.7 Å². The Morgan fingerprint density at radius 3 is 2.47 bits per heavy atom. The zero-order valence-corrected chi connectivity index (χ0v) is 12.5. The number of nitrogens with zero attached hydrogens (tertiary/aromatic N) is 1. The predicted octanol–water partition coefficient (Wildman–Crippen LogP) is 3.67. The number of benzene rings is 1. The van der Waals surface area contributed by atoms with Crippen molar-refractivity contribution in [3.63, 3.8) is 0 Å². The van der Waals surface area contributed by atoms with E-state index in [1.807, 2.05) is 6.07 Å². The molecule has 1 aliphatic rings. The Balaban J connectivity index is 2.16. The van der Waals surface area contributed by atoms with Crippen LogP contribution in [0.5, 0.6) is 0 Å². The first-order chi connectivity index (χ1) is 8.91. The van der Waals surface area contributed by atoms with E-state index in [1.54, 1.807) is 5.57 Å². The maximum Gasteiger partial charge on any atom is 0.0681 e. The van der Waals surface area contributed by atoms with Crippen LogP contribution in [0.3, 0.4) is 0 Å². The van der Waals surface area contributed by atoms with E-state index in [4.69, 9.17) is 5.11 Å². The number of aryl methyl sites for hydroxylation is 1. The molecule has 2 rings (SSSR count). The summed E-state index contributed by atoms with van der Waals surface area (Å²) in [6, 6.07) is 6.24. The van der Waals surface area contributed by atoms with Crippen molar-refractivity contribution in [2.75, 3.05) is 18.0 Å². The van der Waals surface area contributed by atoms with Crippen molar-refractivity contribution >= 4 is 5.69 Å². The largest absolute Gasteiger partial charge is 0.392 e. The number of aliphatic hydroxyl groups is 1. The number of hydrogen-bond donors (Lipinski definition) is 1. The molecule has 2 heteroatoms. The van der Waals surface area contributed by atoms with Gasteiger partial charge < -0.3 is 10.0 Å². The van der Waals surface area contributed by atoms with Gasteiger partial charge in [0.15, 0.2) is 0 Å². The zero-order valence-electron chi connectivity index (χ0n) is 12.5. The van der Waals surface area contributed by atoms with Crippen molar-refractivity contribution in [1.29, 1.82) is 0 Å². The monoisotopic (exact) mass is 259 g/mol. The van der Waals surface area contributed by atoms with Gasteiger partial charge in [0.05, 0.1) is 6.61 Å². The molecule has 0 bridgehead atoms. The van der Waals surface area contributed by atoms with Crippen molar-refractivity contribution in [3.05, 3.63) is 41.0 Å². The minimum atomic E-state index is 0.120. The molecule has 0 aromatic heterocycles. The lowest BCUT2D eigenvalue weighted by Crippen LogP contribution is -2.31. The molecule has 0 atom stereocenters. The molecule has 2 nitrogen and oxygen atoms in total. The zero-order chi connectivity index (χ0) is 14.0. The van der Waals surface area contributed by atoms with E-state index < -0.39 is 0 Å². The Hall–Kier alpha value is -1.28. The molecule has 19 heavy (non-hydrogen) atoms. The van der Waals surface area contributed by atoms with Gasteiger partial charge in [0.2, 0.25) is 0 Å². The third kappa shape index (κ3) is 3.19. The van der Waals surface area contributed by atoms with Gasteiger partial charge >= 0.3 is 0 Å². The Morgan fingerprint density at radius 2 is 2.00 bits per heavy atom. The van der Waals surface area contributed by atoms with E-state index in [2.05, 4.69) is 50.8 Å². The molecule has 0 saturated heterocycles. The van der Waals surface area contributed by atoms with Crippen LogP contribution in [0, 0.1) is 12.3 Å². The molecule has 1 N–H and O–H groups in total. The topological polar surface area (TPSA) is 23.5 Å². The van der Waals surface area contributed by atoms with Crippen LogP contribution in [-0.2, 0) is 6.61 Å². The Labute approximate surface area is 116 Å². The van der Waals surface area contributed by atoms with E-state index in [0.717, 1.165) is 25.1 Å². The minimum absolute atomic E-state index is 0.120. The first-order valence-corrected chi connectivity index (χ1v) is 7.06. The summed E-state index contributed by atoms with van der Waals surface area (Å²) in [5.41, 5.74) is 5.39. The molecule has 0 radical (unpaired) electrons. The standard InChI is InChI=1S/C17H25NO/c1-13-11-14(12-19)5-6-16(13)18-9-7-15(8-10-18)17(2,3)4/h5-7,11,19H,8-10,12H2,1-4H3. The van der Waals surface area contributed by atoms with Gasteiger partial charge in [-0.3, -0.25) is 0 Å². The van der Waals surface area contributed by atoms with Gasteiger partial charge in [0.25, 0.3) is 0 Å². The fraction of sp³-hybridized carbons (Fsp3) is 0.529. The molecule has 0 spiro atoms. The second-order valence-corrected chi connectivity index (χ2v) is 6.45. The lowest BCUT2D eigenvalue weighted by atomic mass is 9.83. The summed E-state index contributed by atoms with van der Waals surface area (Å²) in [6.45, 7) is 11.2. The van der Waals surface area contributed by atoms with Crippen molar-refractivity contribution in [2.24, 2.45) is 5.41 Å². The van der Waals surface area contributed by atoms with Crippen LogP contribution >= 0.6 is 0 Å². The minimum Gasteiger partial charge on any atom is -0.392 e. The molecular formula is C17H25NO. The van der Waals surface area contributed by atoms with Crippen LogP contribution in [0.2, 0.25) is 0 Å². The highest BCUT2D eigenvalue weighted by Crippen LogP contribution is 2.32. The third-order valence-corrected chi connectivity index (χ3v) is 3.96. The lowest BCUT2D eigenvalue weighted by molar-refractivity contribution is 0.282.